The van der Waals surface area contributed by atoms with Gasteiger partial charge in [-0.2, -0.15) is 0 Å². The van der Waals surface area contributed by atoms with Crippen LogP contribution in [0.5, 0.6) is 11.6 Å². The highest BCUT2D eigenvalue weighted by Gasteiger charge is 2.16. The van der Waals surface area contributed by atoms with E-state index < -0.39 is 0 Å². The Morgan fingerprint density at radius 1 is 1.03 bits per heavy atom. The normalized spacial score (nSPS) is 15.4. The summed E-state index contributed by atoms with van der Waals surface area (Å²) in [5.41, 5.74) is 2.58. The lowest BCUT2D eigenvalue weighted by Gasteiger charge is -2.12. The van der Waals surface area contributed by atoms with Crippen LogP contribution in [0.15, 0.2) is 72.9 Å². The molecule has 4 rings (SSSR count). The van der Waals surface area contributed by atoms with Gasteiger partial charge in [0.05, 0.1) is 6.10 Å². The molecule has 31 heavy (non-hydrogen) atoms. The van der Waals surface area contributed by atoms with Gasteiger partial charge in [0.25, 0.3) is 5.91 Å². The number of benzene rings is 2. The van der Waals surface area contributed by atoms with Crippen LogP contribution in [0.3, 0.4) is 0 Å². The first kappa shape index (κ1) is 20.9. The average molecular weight is 418 g/mol. The van der Waals surface area contributed by atoms with Crippen molar-refractivity contribution < 1.29 is 19.0 Å². The van der Waals surface area contributed by atoms with Crippen molar-refractivity contribution in [2.45, 2.75) is 32.1 Å². The molecule has 0 spiro atoms. The van der Waals surface area contributed by atoms with E-state index in [1.807, 2.05) is 54.6 Å². The number of amides is 1. The smallest absolute Gasteiger partial charge is 0.251 e. The fourth-order valence-corrected chi connectivity index (χ4v) is 3.32. The van der Waals surface area contributed by atoms with Gasteiger partial charge in [0.2, 0.25) is 5.88 Å². The molecule has 1 aliphatic rings. The van der Waals surface area contributed by atoms with Crippen LogP contribution in [0.2, 0.25) is 0 Å². The Morgan fingerprint density at radius 3 is 2.65 bits per heavy atom. The second kappa shape index (κ2) is 10.6. The fraction of sp³-hybridized carbons (Fsp3) is 0.280. The molecule has 1 N–H and O–H groups in total. The topological polar surface area (TPSA) is 69.7 Å². The van der Waals surface area contributed by atoms with Gasteiger partial charge in [-0.15, -0.1) is 0 Å². The molecule has 0 aliphatic carbocycles. The maximum Gasteiger partial charge on any atom is 0.251 e. The molecule has 6 heteroatoms. The lowest BCUT2D eigenvalue weighted by Crippen LogP contribution is -2.22. The molecule has 2 aromatic carbocycles. The molecular formula is C25H26N2O4. The lowest BCUT2D eigenvalue weighted by molar-refractivity contribution is 0.0679. The van der Waals surface area contributed by atoms with E-state index in [-0.39, 0.29) is 12.0 Å². The summed E-state index contributed by atoms with van der Waals surface area (Å²) >= 11 is 0. The largest absolute Gasteiger partial charge is 0.491 e. The summed E-state index contributed by atoms with van der Waals surface area (Å²) in [5, 5.41) is 2.93. The number of rotatable bonds is 9. The number of hydrogen-bond donors (Lipinski definition) is 1. The quantitative estimate of drug-likeness (QED) is 0.565. The lowest BCUT2D eigenvalue weighted by atomic mass is 10.2. The predicted molar refractivity (Wildman–Crippen MR) is 117 cm³/mol. The molecule has 0 saturated carbocycles. The first-order valence-electron chi connectivity index (χ1n) is 10.5. The van der Waals surface area contributed by atoms with Crippen LogP contribution in [0.25, 0.3) is 0 Å². The standard InChI is InChI=1S/C25H26N2O4/c28-25(21-8-10-22(11-9-21)30-18-23-7-4-14-29-23)27-16-20-12-13-26-24(15-20)31-17-19-5-2-1-3-6-19/h1-3,5-6,8-13,15,23H,4,7,14,16-18H2,(H,27,28). The Bertz CT molecular complexity index is 970. The maximum absolute atomic E-state index is 12.5. The SMILES string of the molecule is O=C(NCc1ccnc(OCc2ccccc2)c1)c1ccc(OCC2CCCO2)cc1. The summed E-state index contributed by atoms with van der Waals surface area (Å²) in [6.45, 7) is 2.19. The van der Waals surface area contributed by atoms with E-state index in [1.165, 1.54) is 0 Å². The summed E-state index contributed by atoms with van der Waals surface area (Å²) in [5.74, 6) is 1.12. The van der Waals surface area contributed by atoms with Gasteiger partial charge in [0, 0.05) is 31.0 Å². The second-order valence-electron chi connectivity index (χ2n) is 7.43. The molecule has 160 valence electrons. The first-order valence-corrected chi connectivity index (χ1v) is 10.5. The molecule has 1 unspecified atom stereocenters. The third-order valence-electron chi connectivity index (χ3n) is 5.06. The van der Waals surface area contributed by atoms with E-state index in [9.17, 15) is 4.79 Å². The number of pyridine rings is 1. The zero-order chi connectivity index (χ0) is 21.3. The fourth-order valence-electron chi connectivity index (χ4n) is 3.32. The summed E-state index contributed by atoms with van der Waals surface area (Å²) in [6, 6.07) is 20.8. The molecule has 1 aliphatic heterocycles. The number of nitrogens with zero attached hydrogens (tertiary/aromatic N) is 1. The van der Waals surface area contributed by atoms with Crippen LogP contribution >= 0.6 is 0 Å². The van der Waals surface area contributed by atoms with Crippen LogP contribution in [-0.4, -0.2) is 30.2 Å². The van der Waals surface area contributed by atoms with Crippen molar-refractivity contribution in [2.75, 3.05) is 13.2 Å². The number of ether oxygens (including phenoxy) is 3. The molecule has 0 radical (unpaired) electrons. The minimum absolute atomic E-state index is 0.144. The zero-order valence-corrected chi connectivity index (χ0v) is 17.3. The molecule has 3 aromatic rings. The van der Waals surface area contributed by atoms with Crippen LogP contribution in [0, 0.1) is 0 Å². The maximum atomic E-state index is 12.5. The van der Waals surface area contributed by atoms with Gasteiger partial charge < -0.3 is 19.5 Å². The second-order valence-corrected chi connectivity index (χ2v) is 7.43. The van der Waals surface area contributed by atoms with Crippen molar-refractivity contribution in [3.63, 3.8) is 0 Å². The molecule has 2 heterocycles. The Morgan fingerprint density at radius 2 is 1.87 bits per heavy atom. The average Bonchev–Trinajstić information content (AvgIpc) is 3.35. The van der Waals surface area contributed by atoms with Gasteiger partial charge in [0.15, 0.2) is 0 Å². The van der Waals surface area contributed by atoms with Gasteiger partial charge in [0.1, 0.15) is 19.0 Å². The van der Waals surface area contributed by atoms with E-state index in [4.69, 9.17) is 14.2 Å². The number of carbonyl (C=O) groups is 1. The Labute approximate surface area is 182 Å². The van der Waals surface area contributed by atoms with E-state index in [1.54, 1.807) is 18.3 Å². The predicted octanol–water partition coefficient (Wildman–Crippen LogP) is 4.15. The minimum Gasteiger partial charge on any atom is -0.491 e. The van der Waals surface area contributed by atoms with E-state index >= 15 is 0 Å². The molecule has 1 atom stereocenters. The number of carbonyl (C=O) groups excluding carboxylic acids is 1. The van der Waals surface area contributed by atoms with E-state index in [0.717, 1.165) is 36.3 Å². The van der Waals surface area contributed by atoms with Crippen molar-refractivity contribution in [3.8, 4) is 11.6 Å². The summed E-state index contributed by atoms with van der Waals surface area (Å²) in [4.78, 5) is 16.7. The van der Waals surface area contributed by atoms with Crippen molar-refractivity contribution in [1.29, 1.82) is 0 Å². The molecule has 1 saturated heterocycles. The van der Waals surface area contributed by atoms with E-state index in [0.29, 0.717) is 31.2 Å². The van der Waals surface area contributed by atoms with Crippen LogP contribution in [0.1, 0.15) is 34.3 Å². The Kier molecular flexibility index (Phi) is 7.13. The molecule has 6 nitrogen and oxygen atoms in total. The Hall–Kier alpha value is -3.38. The van der Waals surface area contributed by atoms with Crippen molar-refractivity contribution in [3.05, 3.63) is 89.6 Å². The third-order valence-corrected chi connectivity index (χ3v) is 5.06. The Balaban J connectivity index is 1.25. The van der Waals surface area contributed by atoms with Gasteiger partial charge in [-0.05, 0) is 54.3 Å². The highest BCUT2D eigenvalue weighted by molar-refractivity contribution is 5.94. The van der Waals surface area contributed by atoms with Gasteiger partial charge in [-0.3, -0.25) is 4.79 Å². The molecule has 1 fully saturated rings. The van der Waals surface area contributed by atoms with Gasteiger partial charge >= 0.3 is 0 Å². The number of nitrogens with one attached hydrogen (secondary N) is 1. The first-order chi connectivity index (χ1) is 15.3. The van der Waals surface area contributed by atoms with Gasteiger partial charge in [-0.25, -0.2) is 4.98 Å². The molecule has 0 bridgehead atoms. The highest BCUT2D eigenvalue weighted by atomic mass is 16.5. The summed E-state index contributed by atoms with van der Waals surface area (Å²) in [6.07, 6.45) is 3.98. The number of hydrogen-bond acceptors (Lipinski definition) is 5. The van der Waals surface area contributed by atoms with Crippen molar-refractivity contribution in [2.24, 2.45) is 0 Å². The van der Waals surface area contributed by atoms with Crippen LogP contribution < -0.4 is 14.8 Å². The van der Waals surface area contributed by atoms with E-state index in [2.05, 4.69) is 10.3 Å². The van der Waals surface area contributed by atoms with Crippen LogP contribution in [-0.2, 0) is 17.9 Å². The molecular weight excluding hydrogens is 392 g/mol. The zero-order valence-electron chi connectivity index (χ0n) is 17.3. The monoisotopic (exact) mass is 418 g/mol. The summed E-state index contributed by atoms with van der Waals surface area (Å²) < 4.78 is 17.0. The molecule has 1 aromatic heterocycles. The summed E-state index contributed by atoms with van der Waals surface area (Å²) in [7, 11) is 0. The third kappa shape index (κ3) is 6.30. The molecule has 1 amide bonds. The van der Waals surface area contributed by atoms with Crippen LogP contribution in [0.4, 0.5) is 0 Å². The minimum atomic E-state index is -0.144. The van der Waals surface area contributed by atoms with Gasteiger partial charge in [-0.1, -0.05) is 30.3 Å². The highest BCUT2D eigenvalue weighted by Crippen LogP contribution is 2.17. The van der Waals surface area contributed by atoms with Crippen molar-refractivity contribution in [1.82, 2.24) is 10.3 Å². The van der Waals surface area contributed by atoms with Crippen molar-refractivity contribution >= 4 is 5.91 Å². The number of aromatic nitrogens is 1.